The van der Waals surface area contributed by atoms with E-state index in [9.17, 15) is 9.59 Å². The molecule has 8 heteroatoms. The van der Waals surface area contributed by atoms with Crippen LogP contribution in [0.2, 0.25) is 0 Å². The van der Waals surface area contributed by atoms with Crippen molar-refractivity contribution in [3.05, 3.63) is 30.2 Å². The normalized spacial score (nSPS) is 15.3. The van der Waals surface area contributed by atoms with E-state index in [4.69, 9.17) is 9.15 Å². The third-order valence-electron chi connectivity index (χ3n) is 3.95. The Morgan fingerprint density at radius 2 is 2.25 bits per heavy atom. The van der Waals surface area contributed by atoms with Crippen LogP contribution in [0.3, 0.4) is 0 Å². The number of hydrogen-bond acceptors (Lipinski definition) is 5. The van der Waals surface area contributed by atoms with Gasteiger partial charge in [-0.2, -0.15) is 5.10 Å². The Kier molecular flexibility index (Phi) is 4.83. The zero-order chi connectivity index (χ0) is 16.9. The van der Waals surface area contributed by atoms with Gasteiger partial charge in [0.2, 0.25) is 0 Å². The molecule has 0 radical (unpaired) electrons. The maximum absolute atomic E-state index is 12.3. The second-order valence-corrected chi connectivity index (χ2v) is 5.58. The van der Waals surface area contributed by atoms with Crippen molar-refractivity contribution in [2.75, 3.05) is 19.7 Å². The number of carbonyl (C=O) groups excluding carboxylic acids is 2. The standard InChI is InChI=1S/C16H20N4O4/c1-2-23-16(22)20-7-5-11(6-8-20)17-15(21)13-10-12(18-19-13)14-4-3-9-24-14/h3-4,9-11H,2,5-8H2,1H3,(H,17,21)(H,18,19). The van der Waals surface area contributed by atoms with Gasteiger partial charge in [-0.3, -0.25) is 9.89 Å². The average molecular weight is 332 g/mol. The number of aromatic amines is 1. The van der Waals surface area contributed by atoms with Crippen LogP contribution in [0.1, 0.15) is 30.3 Å². The van der Waals surface area contributed by atoms with Crippen molar-refractivity contribution in [1.82, 2.24) is 20.4 Å². The first-order valence-electron chi connectivity index (χ1n) is 7.99. The van der Waals surface area contributed by atoms with Crippen LogP contribution in [0.15, 0.2) is 28.9 Å². The number of hydrogen-bond donors (Lipinski definition) is 2. The summed E-state index contributed by atoms with van der Waals surface area (Å²) in [5.41, 5.74) is 0.969. The summed E-state index contributed by atoms with van der Waals surface area (Å²) in [6, 6.07) is 5.24. The van der Waals surface area contributed by atoms with Crippen molar-refractivity contribution < 1.29 is 18.7 Å². The van der Waals surface area contributed by atoms with Gasteiger partial charge in [-0.15, -0.1) is 0 Å². The van der Waals surface area contributed by atoms with E-state index in [1.807, 2.05) is 0 Å². The summed E-state index contributed by atoms with van der Waals surface area (Å²) in [5, 5.41) is 9.77. The molecule has 2 aromatic rings. The van der Waals surface area contributed by atoms with E-state index >= 15 is 0 Å². The highest BCUT2D eigenvalue weighted by Gasteiger charge is 2.25. The van der Waals surface area contributed by atoms with E-state index < -0.39 is 0 Å². The lowest BCUT2D eigenvalue weighted by Crippen LogP contribution is -2.46. The Balaban J connectivity index is 1.52. The van der Waals surface area contributed by atoms with Crippen molar-refractivity contribution in [2.24, 2.45) is 0 Å². The highest BCUT2D eigenvalue weighted by molar-refractivity contribution is 5.93. The van der Waals surface area contributed by atoms with E-state index in [1.54, 1.807) is 36.3 Å². The van der Waals surface area contributed by atoms with Crippen molar-refractivity contribution >= 4 is 12.0 Å². The molecule has 3 heterocycles. The lowest BCUT2D eigenvalue weighted by atomic mass is 10.1. The monoisotopic (exact) mass is 332 g/mol. The SMILES string of the molecule is CCOC(=O)N1CCC(NC(=O)c2cc(-c3ccco3)[nH]n2)CC1. The van der Waals surface area contributed by atoms with Crippen LogP contribution in [-0.4, -0.2) is 52.8 Å². The fourth-order valence-corrected chi connectivity index (χ4v) is 2.68. The molecule has 2 N–H and O–H groups in total. The number of ether oxygens (including phenoxy) is 1. The third-order valence-corrected chi connectivity index (χ3v) is 3.95. The van der Waals surface area contributed by atoms with Crippen molar-refractivity contribution in [2.45, 2.75) is 25.8 Å². The fourth-order valence-electron chi connectivity index (χ4n) is 2.68. The molecule has 1 fully saturated rings. The summed E-state index contributed by atoms with van der Waals surface area (Å²) >= 11 is 0. The van der Waals surface area contributed by atoms with E-state index in [-0.39, 0.29) is 18.0 Å². The van der Waals surface area contributed by atoms with Crippen LogP contribution in [0.5, 0.6) is 0 Å². The molecule has 24 heavy (non-hydrogen) atoms. The maximum Gasteiger partial charge on any atom is 0.409 e. The van der Waals surface area contributed by atoms with Crippen molar-refractivity contribution in [3.63, 3.8) is 0 Å². The van der Waals surface area contributed by atoms with Crippen LogP contribution in [-0.2, 0) is 4.74 Å². The zero-order valence-electron chi connectivity index (χ0n) is 13.4. The second-order valence-electron chi connectivity index (χ2n) is 5.58. The number of piperidine rings is 1. The van der Waals surface area contributed by atoms with Gasteiger partial charge < -0.3 is 19.4 Å². The average Bonchev–Trinajstić information content (AvgIpc) is 3.27. The maximum atomic E-state index is 12.3. The number of H-pyrrole nitrogens is 1. The molecule has 0 aromatic carbocycles. The number of likely N-dealkylation sites (tertiary alicyclic amines) is 1. The molecule has 2 amide bonds. The zero-order valence-corrected chi connectivity index (χ0v) is 13.4. The molecule has 0 saturated carbocycles. The van der Waals surface area contributed by atoms with Gasteiger partial charge in [-0.1, -0.05) is 0 Å². The Morgan fingerprint density at radius 3 is 2.92 bits per heavy atom. The molecule has 0 spiro atoms. The Labute approximate surface area is 139 Å². The van der Waals surface area contributed by atoms with Crippen LogP contribution in [0, 0.1) is 0 Å². The second kappa shape index (κ2) is 7.20. The van der Waals surface area contributed by atoms with Crippen LogP contribution < -0.4 is 5.32 Å². The Morgan fingerprint density at radius 1 is 1.46 bits per heavy atom. The number of aromatic nitrogens is 2. The molecular weight excluding hydrogens is 312 g/mol. The molecule has 0 unspecified atom stereocenters. The van der Waals surface area contributed by atoms with Crippen LogP contribution in [0.25, 0.3) is 11.5 Å². The summed E-state index contributed by atoms with van der Waals surface area (Å²) < 4.78 is 10.2. The number of amides is 2. The molecule has 1 saturated heterocycles. The van der Waals surface area contributed by atoms with Crippen molar-refractivity contribution in [1.29, 1.82) is 0 Å². The lowest BCUT2D eigenvalue weighted by Gasteiger charge is -2.31. The van der Waals surface area contributed by atoms with Gasteiger partial charge in [-0.05, 0) is 31.9 Å². The van der Waals surface area contributed by atoms with Crippen molar-refractivity contribution in [3.8, 4) is 11.5 Å². The van der Waals surface area contributed by atoms with Gasteiger partial charge in [0.15, 0.2) is 11.5 Å². The third kappa shape index (κ3) is 3.58. The minimum absolute atomic E-state index is 0.0203. The molecule has 3 rings (SSSR count). The Bertz CT molecular complexity index is 687. The number of furan rings is 1. The first-order valence-corrected chi connectivity index (χ1v) is 7.99. The van der Waals surface area contributed by atoms with Crippen LogP contribution in [0.4, 0.5) is 4.79 Å². The number of carbonyl (C=O) groups is 2. The van der Waals surface area contributed by atoms with Gasteiger partial charge in [0, 0.05) is 25.2 Å². The van der Waals surface area contributed by atoms with E-state index in [2.05, 4.69) is 15.5 Å². The van der Waals surface area contributed by atoms with Gasteiger partial charge in [0.05, 0.1) is 12.9 Å². The molecular formula is C16H20N4O4. The van der Waals surface area contributed by atoms with Gasteiger partial charge in [-0.25, -0.2) is 4.79 Å². The highest BCUT2D eigenvalue weighted by atomic mass is 16.6. The summed E-state index contributed by atoms with van der Waals surface area (Å²) in [6.07, 6.45) is 2.66. The topological polar surface area (TPSA) is 100 Å². The first-order chi connectivity index (χ1) is 11.7. The van der Waals surface area contributed by atoms with Gasteiger partial charge in [0.25, 0.3) is 5.91 Å². The molecule has 1 aliphatic rings. The summed E-state index contributed by atoms with van der Waals surface area (Å²) in [5.74, 6) is 0.392. The summed E-state index contributed by atoms with van der Waals surface area (Å²) in [6.45, 7) is 3.29. The molecule has 0 atom stereocenters. The quantitative estimate of drug-likeness (QED) is 0.892. The fraction of sp³-hybridized carbons (Fsp3) is 0.438. The predicted octanol–water partition coefficient (Wildman–Crippen LogP) is 2.02. The lowest BCUT2D eigenvalue weighted by molar-refractivity contribution is 0.0856. The first kappa shape index (κ1) is 16.1. The summed E-state index contributed by atoms with van der Waals surface area (Å²) in [4.78, 5) is 25.6. The number of nitrogens with one attached hydrogen (secondary N) is 2. The molecule has 1 aliphatic heterocycles. The molecule has 2 aromatic heterocycles. The number of nitrogens with zero attached hydrogens (tertiary/aromatic N) is 2. The van der Waals surface area contributed by atoms with Gasteiger partial charge >= 0.3 is 6.09 Å². The highest BCUT2D eigenvalue weighted by Crippen LogP contribution is 2.18. The van der Waals surface area contributed by atoms with E-state index in [0.29, 0.717) is 49.7 Å². The minimum atomic E-state index is -0.294. The van der Waals surface area contributed by atoms with E-state index in [1.165, 1.54) is 0 Å². The number of rotatable bonds is 4. The predicted molar refractivity (Wildman–Crippen MR) is 85.4 cm³/mol. The minimum Gasteiger partial charge on any atom is -0.463 e. The van der Waals surface area contributed by atoms with Gasteiger partial charge in [0.1, 0.15) is 5.69 Å². The Hall–Kier alpha value is -2.77. The van der Waals surface area contributed by atoms with Crippen LogP contribution >= 0.6 is 0 Å². The molecule has 128 valence electrons. The largest absolute Gasteiger partial charge is 0.463 e. The smallest absolute Gasteiger partial charge is 0.409 e. The summed E-state index contributed by atoms with van der Waals surface area (Å²) in [7, 11) is 0. The van der Waals surface area contributed by atoms with E-state index in [0.717, 1.165) is 0 Å². The molecule has 0 aliphatic carbocycles. The molecule has 0 bridgehead atoms. The molecule has 8 nitrogen and oxygen atoms in total.